The van der Waals surface area contributed by atoms with Crippen molar-refractivity contribution >= 4 is 0 Å². The normalized spacial score (nSPS) is 41.7. The summed E-state index contributed by atoms with van der Waals surface area (Å²) in [4.78, 5) is 0. The number of hydrogen-bond acceptors (Lipinski definition) is 1. The van der Waals surface area contributed by atoms with E-state index in [-0.39, 0.29) is 0 Å². The quantitative estimate of drug-likeness (QED) is 0.371. The molecule has 0 heterocycles. The van der Waals surface area contributed by atoms with E-state index < -0.39 is 0 Å². The molecule has 32 heavy (non-hydrogen) atoms. The molecule has 0 aromatic rings. The van der Waals surface area contributed by atoms with Gasteiger partial charge in [-0.1, -0.05) is 85.8 Å². The summed E-state index contributed by atoms with van der Waals surface area (Å²) in [7, 11) is 1.91. The molecule has 0 saturated heterocycles. The molecule has 1 heteroatoms. The first-order valence-corrected chi connectivity index (χ1v) is 14.4. The molecule has 0 N–H and O–H groups in total. The fourth-order valence-electron chi connectivity index (χ4n) is 8.85. The van der Waals surface area contributed by atoms with Gasteiger partial charge in [0.15, 0.2) is 0 Å². The maximum absolute atomic E-state index is 5.75. The number of rotatable bonds is 6. The van der Waals surface area contributed by atoms with Gasteiger partial charge >= 0.3 is 0 Å². The molecule has 3 saturated carbocycles. The zero-order valence-corrected chi connectivity index (χ0v) is 23.0. The molecule has 0 bridgehead atoms. The van der Waals surface area contributed by atoms with Crippen LogP contribution in [0.4, 0.5) is 0 Å². The van der Waals surface area contributed by atoms with Crippen LogP contribution in [0.5, 0.6) is 0 Å². The Labute approximate surface area is 201 Å². The van der Waals surface area contributed by atoms with Crippen LogP contribution >= 0.6 is 0 Å². The molecule has 0 spiro atoms. The average molecular weight is 445 g/mol. The maximum atomic E-state index is 5.75. The third-order valence-electron chi connectivity index (χ3n) is 10.6. The highest BCUT2D eigenvalue weighted by molar-refractivity contribution is 5.25. The lowest BCUT2D eigenvalue weighted by Crippen LogP contribution is -2.50. The molecule has 1 nitrogen and oxygen atoms in total. The standard InChI is InChI=1S/C28H48O.C3H8/c1-19(2)8-7-9-20(3)24-12-13-25-23-11-10-21-18-22(29-6)14-16-27(21,4)26(23)15-17-28(24,25)5;1-3-2/h10,19-20,22-26H,7-9,11-18H2,1-6H3;3H2,1-2H3/t20?,22-,23?,24?,25?,26?,27-,28?;/m0./s1. The van der Waals surface area contributed by atoms with Gasteiger partial charge in [-0.3, -0.25) is 0 Å². The van der Waals surface area contributed by atoms with E-state index in [1.807, 2.05) is 7.11 Å². The van der Waals surface area contributed by atoms with E-state index in [9.17, 15) is 0 Å². The lowest BCUT2D eigenvalue weighted by atomic mass is 9.47. The van der Waals surface area contributed by atoms with Crippen LogP contribution in [0.25, 0.3) is 0 Å². The van der Waals surface area contributed by atoms with Gasteiger partial charge in [-0.15, -0.1) is 0 Å². The molecule has 0 aliphatic heterocycles. The minimum Gasteiger partial charge on any atom is -0.381 e. The van der Waals surface area contributed by atoms with Gasteiger partial charge < -0.3 is 4.74 Å². The third-order valence-corrected chi connectivity index (χ3v) is 10.6. The van der Waals surface area contributed by atoms with Crippen molar-refractivity contribution in [2.75, 3.05) is 7.11 Å². The Bertz CT molecular complexity index is 620. The summed E-state index contributed by atoms with van der Waals surface area (Å²) in [6.45, 7) is 16.9. The summed E-state index contributed by atoms with van der Waals surface area (Å²) in [5.74, 6) is 5.63. The number of allylic oxidation sites excluding steroid dienone is 1. The molecular weight excluding hydrogens is 388 g/mol. The fourth-order valence-corrected chi connectivity index (χ4v) is 8.85. The van der Waals surface area contributed by atoms with E-state index in [1.165, 1.54) is 77.0 Å². The summed E-state index contributed by atoms with van der Waals surface area (Å²) in [6.07, 6.45) is 19.9. The Kier molecular flexibility index (Phi) is 9.01. The molecule has 4 aliphatic carbocycles. The first-order chi connectivity index (χ1) is 15.2. The molecule has 4 rings (SSSR count). The summed E-state index contributed by atoms with van der Waals surface area (Å²) < 4.78 is 5.75. The van der Waals surface area contributed by atoms with Gasteiger partial charge in [-0.25, -0.2) is 0 Å². The second-order valence-electron chi connectivity index (χ2n) is 13.1. The van der Waals surface area contributed by atoms with E-state index in [2.05, 4.69) is 54.5 Å². The summed E-state index contributed by atoms with van der Waals surface area (Å²) in [5, 5.41) is 0. The van der Waals surface area contributed by atoms with Gasteiger partial charge in [0.2, 0.25) is 0 Å². The molecule has 0 radical (unpaired) electrons. The van der Waals surface area contributed by atoms with Gasteiger partial charge in [-0.2, -0.15) is 0 Å². The lowest BCUT2D eigenvalue weighted by molar-refractivity contribution is -0.0601. The maximum Gasteiger partial charge on any atom is 0.0608 e. The highest BCUT2D eigenvalue weighted by atomic mass is 16.5. The SMILES string of the molecule is CCC.CO[C@H]1CC[C@@]2(C)C(=CCC3C4CCC(C(C)CCCC(C)C)C4(C)CCC32)C1. The topological polar surface area (TPSA) is 9.23 Å². The lowest BCUT2D eigenvalue weighted by Gasteiger charge is -2.58. The summed E-state index contributed by atoms with van der Waals surface area (Å²) >= 11 is 0. The van der Waals surface area contributed by atoms with Crippen molar-refractivity contribution in [3.8, 4) is 0 Å². The van der Waals surface area contributed by atoms with Crippen LogP contribution < -0.4 is 0 Å². The van der Waals surface area contributed by atoms with Gasteiger partial charge in [0, 0.05) is 7.11 Å². The van der Waals surface area contributed by atoms with Crippen molar-refractivity contribution in [1.82, 2.24) is 0 Å². The van der Waals surface area contributed by atoms with E-state index in [0.717, 1.165) is 35.5 Å². The summed E-state index contributed by atoms with van der Waals surface area (Å²) in [6, 6.07) is 0. The fraction of sp³-hybridized carbons (Fsp3) is 0.935. The van der Waals surface area contributed by atoms with Gasteiger partial charge in [0.1, 0.15) is 0 Å². The predicted molar refractivity (Wildman–Crippen MR) is 140 cm³/mol. The zero-order chi connectivity index (χ0) is 23.5. The largest absolute Gasteiger partial charge is 0.381 e. The monoisotopic (exact) mass is 444 g/mol. The minimum atomic E-state index is 0.472. The molecular formula is C31H56O. The summed E-state index contributed by atoms with van der Waals surface area (Å²) in [5.41, 5.74) is 2.85. The third kappa shape index (κ3) is 5.04. The molecule has 8 atom stereocenters. The molecule has 3 fully saturated rings. The highest BCUT2D eigenvalue weighted by Gasteiger charge is 2.59. The van der Waals surface area contributed by atoms with Gasteiger partial charge in [-0.05, 0) is 97.7 Å². The highest BCUT2D eigenvalue weighted by Crippen LogP contribution is 2.67. The second kappa shape index (κ2) is 11.0. The second-order valence-corrected chi connectivity index (χ2v) is 13.1. The first kappa shape index (κ1) is 26.3. The van der Waals surface area contributed by atoms with Crippen LogP contribution in [0, 0.1) is 46.3 Å². The molecule has 0 amide bonds. The Morgan fingerprint density at radius 3 is 2.34 bits per heavy atom. The first-order valence-electron chi connectivity index (χ1n) is 14.4. The van der Waals surface area contributed by atoms with E-state index >= 15 is 0 Å². The molecule has 186 valence electrons. The van der Waals surface area contributed by atoms with Crippen molar-refractivity contribution in [1.29, 1.82) is 0 Å². The van der Waals surface area contributed by atoms with Gasteiger partial charge in [0.25, 0.3) is 0 Å². The number of ether oxygens (including phenoxy) is 1. The molecule has 0 aromatic heterocycles. The Balaban J connectivity index is 0.000000913. The smallest absolute Gasteiger partial charge is 0.0608 e. The zero-order valence-electron chi connectivity index (χ0n) is 23.0. The molecule has 4 aliphatic rings. The Morgan fingerprint density at radius 1 is 0.969 bits per heavy atom. The minimum absolute atomic E-state index is 0.472. The van der Waals surface area contributed by atoms with Crippen molar-refractivity contribution in [2.45, 2.75) is 132 Å². The van der Waals surface area contributed by atoms with Gasteiger partial charge in [0.05, 0.1) is 6.10 Å². The van der Waals surface area contributed by atoms with Crippen molar-refractivity contribution in [3.63, 3.8) is 0 Å². The van der Waals surface area contributed by atoms with Crippen molar-refractivity contribution in [2.24, 2.45) is 46.3 Å². The Morgan fingerprint density at radius 2 is 1.69 bits per heavy atom. The number of methoxy groups -OCH3 is 1. The van der Waals surface area contributed by atoms with E-state index in [4.69, 9.17) is 4.74 Å². The van der Waals surface area contributed by atoms with E-state index in [1.54, 1.807) is 5.57 Å². The average Bonchev–Trinajstić information content (AvgIpc) is 3.10. The van der Waals surface area contributed by atoms with Crippen molar-refractivity contribution in [3.05, 3.63) is 11.6 Å². The predicted octanol–water partition coefficient (Wildman–Crippen LogP) is 9.46. The molecule has 6 unspecified atom stereocenters. The van der Waals surface area contributed by atoms with E-state index in [0.29, 0.717) is 16.9 Å². The van der Waals surface area contributed by atoms with Crippen LogP contribution in [0.3, 0.4) is 0 Å². The number of hydrogen-bond donors (Lipinski definition) is 0. The van der Waals surface area contributed by atoms with Crippen LogP contribution in [-0.2, 0) is 4.74 Å². The van der Waals surface area contributed by atoms with Crippen molar-refractivity contribution < 1.29 is 4.74 Å². The van der Waals surface area contributed by atoms with Crippen LogP contribution in [0.1, 0.15) is 126 Å². The molecule has 0 aromatic carbocycles. The Hall–Kier alpha value is -0.300. The van der Waals surface area contributed by atoms with Crippen LogP contribution in [-0.4, -0.2) is 13.2 Å². The van der Waals surface area contributed by atoms with Crippen LogP contribution in [0.15, 0.2) is 11.6 Å². The number of fused-ring (bicyclic) bond motifs is 5. The van der Waals surface area contributed by atoms with Crippen LogP contribution in [0.2, 0.25) is 0 Å².